The van der Waals surface area contributed by atoms with Crippen molar-refractivity contribution in [1.29, 1.82) is 5.26 Å². The minimum atomic E-state index is -0.414. The fraction of sp³-hybridized carbons (Fsp3) is 0.0588. The number of benzene rings is 1. The van der Waals surface area contributed by atoms with Crippen LogP contribution in [0, 0.1) is 18.3 Å². The SMILES string of the molecule is Cc1ccc(-c2cc(-c3ccccc3)c(C#N)c(=O)[nH]2)o1. The molecule has 0 bridgehead atoms. The van der Waals surface area contributed by atoms with E-state index in [1.54, 1.807) is 12.1 Å². The van der Waals surface area contributed by atoms with Crippen molar-refractivity contribution in [2.75, 3.05) is 0 Å². The number of aryl methyl sites for hydroxylation is 1. The van der Waals surface area contributed by atoms with Crippen LogP contribution in [0.5, 0.6) is 0 Å². The quantitative estimate of drug-likeness (QED) is 0.779. The lowest BCUT2D eigenvalue weighted by atomic mass is 10.0. The summed E-state index contributed by atoms with van der Waals surface area (Å²) in [6.07, 6.45) is 0. The Labute approximate surface area is 121 Å². The van der Waals surface area contributed by atoms with E-state index in [0.29, 0.717) is 17.0 Å². The summed E-state index contributed by atoms with van der Waals surface area (Å²) >= 11 is 0. The molecule has 0 saturated heterocycles. The Morgan fingerprint density at radius 2 is 1.90 bits per heavy atom. The van der Waals surface area contributed by atoms with E-state index < -0.39 is 5.56 Å². The molecular weight excluding hydrogens is 264 g/mol. The van der Waals surface area contributed by atoms with Gasteiger partial charge in [0.25, 0.3) is 5.56 Å². The number of pyridine rings is 1. The normalized spacial score (nSPS) is 10.3. The summed E-state index contributed by atoms with van der Waals surface area (Å²) in [7, 11) is 0. The number of hydrogen-bond acceptors (Lipinski definition) is 3. The molecule has 2 heterocycles. The van der Waals surface area contributed by atoms with Gasteiger partial charge in [-0.25, -0.2) is 0 Å². The molecule has 0 spiro atoms. The molecule has 0 radical (unpaired) electrons. The van der Waals surface area contributed by atoms with Crippen molar-refractivity contribution in [3.63, 3.8) is 0 Å². The van der Waals surface area contributed by atoms with Crippen LogP contribution >= 0.6 is 0 Å². The first-order valence-corrected chi connectivity index (χ1v) is 6.48. The average Bonchev–Trinajstić information content (AvgIpc) is 2.94. The molecular formula is C17H12N2O2. The van der Waals surface area contributed by atoms with Crippen LogP contribution in [0.4, 0.5) is 0 Å². The van der Waals surface area contributed by atoms with Gasteiger partial charge in [0, 0.05) is 5.56 Å². The molecule has 1 N–H and O–H groups in total. The number of furan rings is 1. The number of nitriles is 1. The largest absolute Gasteiger partial charge is 0.460 e. The minimum absolute atomic E-state index is 0.105. The molecule has 102 valence electrons. The summed E-state index contributed by atoms with van der Waals surface area (Å²) < 4.78 is 5.54. The summed E-state index contributed by atoms with van der Waals surface area (Å²) in [6, 6.07) is 16.7. The molecule has 0 aliphatic rings. The maximum atomic E-state index is 12.1. The van der Waals surface area contributed by atoms with E-state index in [2.05, 4.69) is 4.98 Å². The summed E-state index contributed by atoms with van der Waals surface area (Å²) in [4.78, 5) is 14.8. The van der Waals surface area contributed by atoms with E-state index in [0.717, 1.165) is 11.3 Å². The number of nitrogens with one attached hydrogen (secondary N) is 1. The van der Waals surface area contributed by atoms with E-state index >= 15 is 0 Å². The van der Waals surface area contributed by atoms with Crippen molar-refractivity contribution in [2.45, 2.75) is 6.92 Å². The summed E-state index contributed by atoms with van der Waals surface area (Å²) in [5, 5.41) is 9.23. The van der Waals surface area contributed by atoms with E-state index in [1.807, 2.05) is 49.4 Å². The van der Waals surface area contributed by atoms with Crippen molar-refractivity contribution < 1.29 is 4.42 Å². The van der Waals surface area contributed by atoms with Crippen molar-refractivity contribution in [1.82, 2.24) is 4.98 Å². The van der Waals surface area contributed by atoms with Gasteiger partial charge >= 0.3 is 0 Å². The van der Waals surface area contributed by atoms with Gasteiger partial charge in [-0.2, -0.15) is 5.26 Å². The molecule has 0 aliphatic heterocycles. The third kappa shape index (κ3) is 2.37. The lowest BCUT2D eigenvalue weighted by Gasteiger charge is -2.06. The maximum Gasteiger partial charge on any atom is 0.267 e. The number of aromatic nitrogens is 1. The first-order valence-electron chi connectivity index (χ1n) is 6.48. The number of nitrogens with zero attached hydrogens (tertiary/aromatic N) is 1. The minimum Gasteiger partial charge on any atom is -0.460 e. The van der Waals surface area contributed by atoms with Crippen LogP contribution in [0.25, 0.3) is 22.6 Å². The van der Waals surface area contributed by atoms with Crippen LogP contribution in [-0.2, 0) is 0 Å². The molecule has 0 aliphatic carbocycles. The van der Waals surface area contributed by atoms with Crippen LogP contribution in [-0.4, -0.2) is 4.98 Å². The molecule has 21 heavy (non-hydrogen) atoms. The van der Waals surface area contributed by atoms with Gasteiger partial charge in [0.1, 0.15) is 17.4 Å². The van der Waals surface area contributed by atoms with Crippen LogP contribution < -0.4 is 5.56 Å². The predicted molar refractivity (Wildman–Crippen MR) is 79.7 cm³/mol. The zero-order valence-electron chi connectivity index (χ0n) is 11.4. The monoisotopic (exact) mass is 276 g/mol. The van der Waals surface area contributed by atoms with Gasteiger partial charge in [0.05, 0.1) is 5.69 Å². The second-order valence-electron chi connectivity index (χ2n) is 4.69. The van der Waals surface area contributed by atoms with Gasteiger partial charge in [0.15, 0.2) is 5.76 Å². The second-order valence-corrected chi connectivity index (χ2v) is 4.69. The fourth-order valence-corrected chi connectivity index (χ4v) is 2.23. The smallest absolute Gasteiger partial charge is 0.267 e. The van der Waals surface area contributed by atoms with Gasteiger partial charge in [-0.15, -0.1) is 0 Å². The fourth-order valence-electron chi connectivity index (χ4n) is 2.23. The van der Waals surface area contributed by atoms with Crippen LogP contribution in [0.1, 0.15) is 11.3 Å². The van der Waals surface area contributed by atoms with Gasteiger partial charge in [-0.1, -0.05) is 30.3 Å². The van der Waals surface area contributed by atoms with E-state index in [4.69, 9.17) is 4.42 Å². The Morgan fingerprint density at radius 3 is 2.52 bits per heavy atom. The number of H-pyrrole nitrogens is 1. The summed E-state index contributed by atoms with van der Waals surface area (Å²) in [5.41, 5.74) is 1.68. The van der Waals surface area contributed by atoms with E-state index in [9.17, 15) is 10.1 Å². The zero-order chi connectivity index (χ0) is 14.8. The highest BCUT2D eigenvalue weighted by Crippen LogP contribution is 2.26. The second kappa shape index (κ2) is 5.14. The first kappa shape index (κ1) is 12.9. The highest BCUT2D eigenvalue weighted by molar-refractivity contribution is 5.73. The molecule has 0 unspecified atom stereocenters. The number of aromatic amines is 1. The predicted octanol–water partition coefficient (Wildman–Crippen LogP) is 3.48. The van der Waals surface area contributed by atoms with Gasteiger partial charge < -0.3 is 9.40 Å². The third-order valence-corrected chi connectivity index (χ3v) is 3.24. The van der Waals surface area contributed by atoms with Crippen molar-refractivity contribution in [3.05, 3.63) is 70.2 Å². The molecule has 1 aromatic carbocycles. The van der Waals surface area contributed by atoms with Gasteiger partial charge in [-0.3, -0.25) is 4.79 Å². The Kier molecular flexibility index (Phi) is 3.17. The molecule has 4 heteroatoms. The molecule has 2 aromatic heterocycles. The van der Waals surface area contributed by atoms with E-state index in [-0.39, 0.29) is 5.56 Å². The zero-order valence-corrected chi connectivity index (χ0v) is 11.4. The van der Waals surface area contributed by atoms with Crippen LogP contribution in [0.15, 0.2) is 57.7 Å². The first-order chi connectivity index (χ1) is 10.2. The lowest BCUT2D eigenvalue weighted by Crippen LogP contribution is -2.12. The Morgan fingerprint density at radius 1 is 1.14 bits per heavy atom. The Bertz CT molecular complexity index is 883. The maximum absolute atomic E-state index is 12.1. The summed E-state index contributed by atoms with van der Waals surface area (Å²) in [5.74, 6) is 1.34. The molecule has 0 saturated carbocycles. The van der Waals surface area contributed by atoms with Crippen molar-refractivity contribution in [2.24, 2.45) is 0 Å². The van der Waals surface area contributed by atoms with Crippen molar-refractivity contribution in [3.8, 4) is 28.7 Å². The lowest BCUT2D eigenvalue weighted by molar-refractivity contribution is 0.546. The molecule has 3 aromatic rings. The molecule has 0 amide bonds. The molecule has 0 atom stereocenters. The summed E-state index contributed by atoms with van der Waals surface area (Å²) in [6.45, 7) is 1.84. The third-order valence-electron chi connectivity index (χ3n) is 3.24. The Balaban J connectivity index is 2.26. The van der Waals surface area contributed by atoms with Gasteiger partial charge in [0.2, 0.25) is 0 Å². The van der Waals surface area contributed by atoms with Crippen LogP contribution in [0.3, 0.4) is 0 Å². The number of hydrogen-bond donors (Lipinski definition) is 1. The van der Waals surface area contributed by atoms with Gasteiger partial charge in [-0.05, 0) is 30.7 Å². The highest BCUT2D eigenvalue weighted by Gasteiger charge is 2.13. The van der Waals surface area contributed by atoms with Crippen LogP contribution in [0.2, 0.25) is 0 Å². The topological polar surface area (TPSA) is 69.8 Å². The number of rotatable bonds is 2. The Hall–Kier alpha value is -3.06. The van der Waals surface area contributed by atoms with Crippen molar-refractivity contribution >= 4 is 0 Å². The average molecular weight is 276 g/mol. The standard InChI is InChI=1S/C17H12N2O2/c1-11-7-8-16(21-11)15-9-13(12-5-3-2-4-6-12)14(10-18)17(20)19-15/h2-9H,1H3,(H,19,20). The molecule has 0 fully saturated rings. The molecule has 3 rings (SSSR count). The van der Waals surface area contributed by atoms with E-state index in [1.165, 1.54) is 0 Å². The molecule has 4 nitrogen and oxygen atoms in total. The highest BCUT2D eigenvalue weighted by atomic mass is 16.3.